The highest BCUT2D eigenvalue weighted by Gasteiger charge is 2.20. The number of nitrogens with zero attached hydrogens (tertiary/aromatic N) is 4. The summed E-state index contributed by atoms with van der Waals surface area (Å²) in [7, 11) is 0. The Kier molecular flexibility index (Phi) is 7.09. The van der Waals surface area contributed by atoms with Crippen LogP contribution in [0.3, 0.4) is 0 Å². The van der Waals surface area contributed by atoms with Crippen LogP contribution in [0.2, 0.25) is 5.02 Å². The molecule has 1 unspecified atom stereocenters. The van der Waals surface area contributed by atoms with Crippen LogP contribution in [0.1, 0.15) is 24.3 Å². The van der Waals surface area contributed by atoms with Crippen molar-refractivity contribution in [2.45, 2.75) is 19.6 Å². The Labute approximate surface area is 164 Å². The Morgan fingerprint density at radius 3 is 2.63 bits per heavy atom. The lowest BCUT2D eigenvalue weighted by atomic mass is 10.1. The summed E-state index contributed by atoms with van der Waals surface area (Å²) in [4.78, 5) is 9.22. The fourth-order valence-corrected chi connectivity index (χ4v) is 3.18. The number of nitrogens with one attached hydrogen (secondary N) is 1. The van der Waals surface area contributed by atoms with E-state index in [0.29, 0.717) is 11.6 Å². The molecule has 1 aromatic heterocycles. The first-order valence-corrected chi connectivity index (χ1v) is 9.62. The van der Waals surface area contributed by atoms with Crippen LogP contribution in [0.25, 0.3) is 0 Å². The largest absolute Gasteiger partial charge is 0.386 e. The number of rotatable bonds is 6. The average Bonchev–Trinajstić information content (AvgIpc) is 3.19. The summed E-state index contributed by atoms with van der Waals surface area (Å²) in [5, 5.41) is 18.4. The molecule has 1 aromatic carbocycles. The molecular weight excluding hydrogens is 366 g/mol. The maximum Gasteiger partial charge on any atom is 0.194 e. The Balaban J connectivity index is 1.55. The van der Waals surface area contributed by atoms with Gasteiger partial charge in [-0.1, -0.05) is 28.9 Å². The lowest BCUT2D eigenvalue weighted by Gasteiger charge is -2.36. The Hall–Kier alpha value is -2.09. The van der Waals surface area contributed by atoms with E-state index in [4.69, 9.17) is 16.1 Å². The van der Waals surface area contributed by atoms with Gasteiger partial charge in [-0.3, -0.25) is 9.89 Å². The quantitative estimate of drug-likeness (QED) is 0.580. The Morgan fingerprint density at radius 1 is 1.26 bits per heavy atom. The van der Waals surface area contributed by atoms with Crippen molar-refractivity contribution < 1.29 is 9.63 Å². The summed E-state index contributed by atoms with van der Waals surface area (Å²) in [6, 6.07) is 9.12. The smallest absolute Gasteiger partial charge is 0.194 e. The molecule has 7 nitrogen and oxygen atoms in total. The third-order valence-electron chi connectivity index (χ3n) is 4.55. The molecule has 1 saturated heterocycles. The summed E-state index contributed by atoms with van der Waals surface area (Å²) >= 11 is 5.90. The monoisotopic (exact) mass is 391 g/mol. The topological polar surface area (TPSA) is 77.1 Å². The molecule has 0 bridgehead atoms. The number of aliphatic hydroxyl groups excluding tert-OH is 1. The van der Waals surface area contributed by atoms with E-state index >= 15 is 0 Å². The van der Waals surface area contributed by atoms with Gasteiger partial charge in [0.15, 0.2) is 5.96 Å². The van der Waals surface area contributed by atoms with Crippen molar-refractivity contribution in [1.82, 2.24) is 20.3 Å². The maximum absolute atomic E-state index is 10.4. The van der Waals surface area contributed by atoms with Crippen molar-refractivity contribution in [2.24, 2.45) is 4.99 Å². The molecule has 2 N–H and O–H groups in total. The molecule has 0 spiro atoms. The number of guanidine groups is 1. The van der Waals surface area contributed by atoms with Crippen molar-refractivity contribution in [3.8, 4) is 0 Å². The van der Waals surface area contributed by atoms with Gasteiger partial charge in [-0.05, 0) is 24.6 Å². The van der Waals surface area contributed by atoms with Crippen LogP contribution >= 0.6 is 11.6 Å². The molecule has 0 saturated carbocycles. The molecule has 8 heteroatoms. The first-order valence-electron chi connectivity index (χ1n) is 9.24. The van der Waals surface area contributed by atoms with Gasteiger partial charge in [0.1, 0.15) is 6.26 Å². The van der Waals surface area contributed by atoms with Crippen molar-refractivity contribution in [3.05, 3.63) is 52.9 Å². The van der Waals surface area contributed by atoms with Crippen molar-refractivity contribution in [1.29, 1.82) is 0 Å². The predicted octanol–water partition coefficient (Wildman–Crippen LogP) is 2.14. The second kappa shape index (κ2) is 9.73. The minimum atomic E-state index is -0.649. The molecule has 0 amide bonds. The third kappa shape index (κ3) is 5.69. The number of hydrogen-bond acceptors (Lipinski definition) is 5. The van der Waals surface area contributed by atoms with Crippen LogP contribution in [0.4, 0.5) is 0 Å². The van der Waals surface area contributed by atoms with Crippen LogP contribution in [-0.4, -0.2) is 65.3 Å². The predicted molar refractivity (Wildman–Crippen MR) is 106 cm³/mol. The van der Waals surface area contributed by atoms with E-state index in [1.807, 2.05) is 25.1 Å². The molecule has 2 aromatic rings. The highest BCUT2D eigenvalue weighted by Crippen LogP contribution is 2.17. The van der Waals surface area contributed by atoms with Crippen LogP contribution in [-0.2, 0) is 6.54 Å². The molecule has 1 aliphatic rings. The zero-order valence-corrected chi connectivity index (χ0v) is 16.3. The molecule has 1 fully saturated rings. The standard InChI is InChI=1S/C19H26ClN5O2/c1-2-21-19(22-13-18(26)15-3-5-16(20)6-4-15)25-10-8-24(9-11-25)14-17-7-12-27-23-17/h3-7,12,18,26H,2,8-11,13-14H2,1H3,(H,21,22). The first-order chi connectivity index (χ1) is 13.2. The zero-order valence-electron chi connectivity index (χ0n) is 15.5. The van der Waals surface area contributed by atoms with Crippen molar-refractivity contribution in [3.63, 3.8) is 0 Å². The zero-order chi connectivity index (χ0) is 19.1. The number of aromatic nitrogens is 1. The molecule has 0 aliphatic carbocycles. The number of benzene rings is 1. The lowest BCUT2D eigenvalue weighted by Crippen LogP contribution is -2.52. The molecule has 2 heterocycles. The average molecular weight is 392 g/mol. The number of aliphatic imine (C=N–C) groups is 1. The second-order valence-electron chi connectivity index (χ2n) is 6.52. The van der Waals surface area contributed by atoms with E-state index in [0.717, 1.165) is 56.5 Å². The normalized spacial score (nSPS) is 17.1. The molecule has 3 rings (SSSR count). The van der Waals surface area contributed by atoms with Gasteiger partial charge in [0.25, 0.3) is 0 Å². The van der Waals surface area contributed by atoms with Crippen LogP contribution in [0.5, 0.6) is 0 Å². The van der Waals surface area contributed by atoms with Gasteiger partial charge in [0.05, 0.1) is 18.3 Å². The summed E-state index contributed by atoms with van der Waals surface area (Å²) < 4.78 is 4.90. The van der Waals surface area contributed by atoms with E-state index in [1.165, 1.54) is 0 Å². The fourth-order valence-electron chi connectivity index (χ4n) is 3.06. The Bertz CT molecular complexity index is 712. The fraction of sp³-hybridized carbons (Fsp3) is 0.474. The molecule has 0 radical (unpaired) electrons. The highest BCUT2D eigenvalue weighted by molar-refractivity contribution is 6.30. The summed E-state index contributed by atoms with van der Waals surface area (Å²) in [6.07, 6.45) is 0.956. The van der Waals surface area contributed by atoms with E-state index in [9.17, 15) is 5.11 Å². The number of aliphatic hydroxyl groups is 1. The Morgan fingerprint density at radius 2 is 2.00 bits per heavy atom. The SMILES string of the molecule is CCNC(=NCC(O)c1ccc(Cl)cc1)N1CCN(Cc2ccon2)CC1. The van der Waals surface area contributed by atoms with Crippen LogP contribution in [0.15, 0.2) is 46.1 Å². The minimum Gasteiger partial charge on any atom is -0.386 e. The molecule has 1 atom stereocenters. The summed E-state index contributed by atoms with van der Waals surface area (Å²) in [5.41, 5.74) is 1.77. The van der Waals surface area contributed by atoms with Gasteiger partial charge in [-0.15, -0.1) is 0 Å². The van der Waals surface area contributed by atoms with E-state index in [2.05, 4.69) is 25.3 Å². The minimum absolute atomic E-state index is 0.309. The summed E-state index contributed by atoms with van der Waals surface area (Å²) in [5.74, 6) is 0.839. The highest BCUT2D eigenvalue weighted by atomic mass is 35.5. The molecule has 27 heavy (non-hydrogen) atoms. The van der Waals surface area contributed by atoms with Gasteiger partial charge in [0.2, 0.25) is 0 Å². The van der Waals surface area contributed by atoms with E-state index in [1.54, 1.807) is 18.4 Å². The van der Waals surface area contributed by atoms with Crippen molar-refractivity contribution >= 4 is 17.6 Å². The van der Waals surface area contributed by atoms with Gasteiger partial charge >= 0.3 is 0 Å². The van der Waals surface area contributed by atoms with Gasteiger partial charge < -0.3 is 19.8 Å². The molecular formula is C19H26ClN5O2. The molecule has 146 valence electrons. The number of piperazine rings is 1. The lowest BCUT2D eigenvalue weighted by molar-refractivity contribution is 0.166. The van der Waals surface area contributed by atoms with Gasteiger partial charge in [-0.25, -0.2) is 0 Å². The maximum atomic E-state index is 10.4. The number of halogens is 1. The van der Waals surface area contributed by atoms with E-state index < -0.39 is 6.10 Å². The number of hydrogen-bond donors (Lipinski definition) is 2. The van der Waals surface area contributed by atoms with Crippen molar-refractivity contribution in [2.75, 3.05) is 39.3 Å². The van der Waals surface area contributed by atoms with E-state index in [-0.39, 0.29) is 0 Å². The molecule has 1 aliphatic heterocycles. The first kappa shape index (κ1) is 19.7. The van der Waals surface area contributed by atoms with Gasteiger partial charge in [-0.2, -0.15) is 0 Å². The van der Waals surface area contributed by atoms with Crippen LogP contribution in [0, 0.1) is 0 Å². The third-order valence-corrected chi connectivity index (χ3v) is 4.80. The second-order valence-corrected chi connectivity index (χ2v) is 6.95. The van der Waals surface area contributed by atoms with Crippen LogP contribution < -0.4 is 5.32 Å². The summed E-state index contributed by atoms with van der Waals surface area (Å²) in [6.45, 7) is 7.55. The van der Waals surface area contributed by atoms with Gasteiger partial charge in [0, 0.05) is 50.4 Å².